The number of aliphatic hydroxyl groups is 1. The van der Waals surface area contributed by atoms with Gasteiger partial charge in [-0.1, -0.05) is 6.07 Å². The van der Waals surface area contributed by atoms with E-state index in [4.69, 9.17) is 17.3 Å². The van der Waals surface area contributed by atoms with Crippen LogP contribution in [0, 0.1) is 11.6 Å². The lowest BCUT2D eigenvalue weighted by atomic mass is 9.93. The maximum Gasteiger partial charge on any atom is 0.232 e. The lowest BCUT2D eigenvalue weighted by molar-refractivity contribution is -0.115. The first-order chi connectivity index (χ1) is 8.59. The highest BCUT2D eigenvalue weighted by Crippen LogP contribution is 2.23. The molecule has 0 aliphatic heterocycles. The standard InChI is InChI=1S/C10H13F2NO.C2H4ClNO/c1-10(2,14)9(13)6-3-4-7(11)8(12)5-6;3-1-2(4)5/h3-5,9,14H,13H2,1-2H3;1H2,(H2,4,5). The van der Waals surface area contributed by atoms with Crippen molar-refractivity contribution in [3.63, 3.8) is 0 Å². The van der Waals surface area contributed by atoms with Crippen molar-refractivity contribution in [3.8, 4) is 0 Å². The molecule has 0 aromatic heterocycles. The van der Waals surface area contributed by atoms with Gasteiger partial charge in [0.05, 0.1) is 11.6 Å². The normalized spacial score (nSPS) is 12.4. The molecular weight excluding hydrogens is 278 g/mol. The number of amides is 1. The molecule has 1 rings (SSSR count). The minimum Gasteiger partial charge on any atom is -0.388 e. The van der Waals surface area contributed by atoms with Crippen LogP contribution in [0.5, 0.6) is 0 Å². The SMILES string of the molecule is CC(C)(O)C(N)c1ccc(F)c(F)c1.NC(=O)CCl. The van der Waals surface area contributed by atoms with Crippen molar-refractivity contribution in [2.75, 3.05) is 5.88 Å². The Balaban J connectivity index is 0.000000555. The van der Waals surface area contributed by atoms with E-state index in [0.717, 1.165) is 12.1 Å². The number of rotatable bonds is 3. The highest BCUT2D eigenvalue weighted by molar-refractivity contribution is 6.27. The molecule has 0 aliphatic rings. The fourth-order valence-corrected chi connectivity index (χ4v) is 1.11. The molecule has 5 N–H and O–H groups in total. The molecule has 19 heavy (non-hydrogen) atoms. The predicted molar refractivity (Wildman–Crippen MR) is 69.5 cm³/mol. The summed E-state index contributed by atoms with van der Waals surface area (Å²) in [5.41, 5.74) is 9.38. The van der Waals surface area contributed by atoms with Crippen LogP contribution in [0.4, 0.5) is 8.78 Å². The van der Waals surface area contributed by atoms with E-state index in [-0.39, 0.29) is 5.88 Å². The first kappa shape index (κ1) is 17.8. The summed E-state index contributed by atoms with van der Waals surface area (Å²) in [6, 6.07) is 2.62. The number of hydrogen-bond acceptors (Lipinski definition) is 3. The maximum atomic E-state index is 12.8. The van der Waals surface area contributed by atoms with Crippen LogP contribution in [0.25, 0.3) is 0 Å². The lowest BCUT2D eigenvalue weighted by Gasteiger charge is -2.25. The van der Waals surface area contributed by atoms with Gasteiger partial charge in [0.15, 0.2) is 11.6 Å². The van der Waals surface area contributed by atoms with Gasteiger partial charge in [-0.05, 0) is 31.5 Å². The van der Waals surface area contributed by atoms with Crippen LogP contribution in [0.3, 0.4) is 0 Å². The summed E-state index contributed by atoms with van der Waals surface area (Å²) in [6.45, 7) is 3.03. The fraction of sp³-hybridized carbons (Fsp3) is 0.417. The third-order valence-electron chi connectivity index (χ3n) is 2.20. The van der Waals surface area contributed by atoms with Crippen LogP contribution in [0.1, 0.15) is 25.5 Å². The summed E-state index contributed by atoms with van der Waals surface area (Å²) in [4.78, 5) is 9.46. The van der Waals surface area contributed by atoms with Crippen molar-refractivity contribution in [1.82, 2.24) is 0 Å². The summed E-state index contributed by atoms with van der Waals surface area (Å²) in [5, 5.41) is 9.56. The first-order valence-electron chi connectivity index (χ1n) is 5.36. The van der Waals surface area contributed by atoms with Gasteiger partial charge in [-0.3, -0.25) is 4.79 Å². The second kappa shape index (κ2) is 7.37. The van der Waals surface area contributed by atoms with Gasteiger partial charge in [-0.15, -0.1) is 11.6 Å². The minimum atomic E-state index is -1.16. The Labute approximate surface area is 115 Å². The van der Waals surface area contributed by atoms with Gasteiger partial charge >= 0.3 is 0 Å². The number of primary amides is 1. The second-order valence-electron chi connectivity index (χ2n) is 4.40. The number of carbonyl (C=O) groups excluding carboxylic acids is 1. The number of halogens is 3. The predicted octanol–water partition coefficient (Wildman–Crippen LogP) is 1.45. The molecule has 1 amide bonds. The van der Waals surface area contributed by atoms with Crippen LogP contribution < -0.4 is 11.5 Å². The molecule has 7 heteroatoms. The Morgan fingerprint density at radius 2 is 1.89 bits per heavy atom. The van der Waals surface area contributed by atoms with E-state index in [0.29, 0.717) is 5.56 Å². The molecule has 0 saturated heterocycles. The molecule has 1 aromatic rings. The Bertz CT molecular complexity index is 436. The molecule has 0 bridgehead atoms. The van der Waals surface area contributed by atoms with Crippen LogP contribution in [0.2, 0.25) is 0 Å². The topological polar surface area (TPSA) is 89.3 Å². The molecule has 0 aliphatic carbocycles. The summed E-state index contributed by atoms with van der Waals surface area (Å²) in [5.74, 6) is -2.44. The monoisotopic (exact) mass is 294 g/mol. The van der Waals surface area contributed by atoms with Crippen molar-refractivity contribution >= 4 is 17.5 Å². The van der Waals surface area contributed by atoms with E-state index in [2.05, 4.69) is 5.73 Å². The lowest BCUT2D eigenvalue weighted by Crippen LogP contribution is -2.35. The highest BCUT2D eigenvalue weighted by atomic mass is 35.5. The van der Waals surface area contributed by atoms with Crippen molar-refractivity contribution in [2.45, 2.75) is 25.5 Å². The van der Waals surface area contributed by atoms with E-state index < -0.39 is 29.2 Å². The number of carbonyl (C=O) groups is 1. The van der Waals surface area contributed by atoms with Gasteiger partial charge in [0.1, 0.15) is 5.88 Å². The highest BCUT2D eigenvalue weighted by Gasteiger charge is 2.25. The third kappa shape index (κ3) is 6.47. The molecule has 0 spiro atoms. The largest absolute Gasteiger partial charge is 0.388 e. The van der Waals surface area contributed by atoms with Crippen molar-refractivity contribution in [3.05, 3.63) is 35.4 Å². The summed E-state index contributed by atoms with van der Waals surface area (Å²) in [7, 11) is 0. The molecule has 1 aromatic carbocycles. The molecule has 1 atom stereocenters. The number of benzene rings is 1. The van der Waals surface area contributed by atoms with Crippen LogP contribution >= 0.6 is 11.6 Å². The number of nitrogens with two attached hydrogens (primary N) is 2. The molecule has 0 heterocycles. The zero-order valence-corrected chi connectivity index (χ0v) is 11.4. The van der Waals surface area contributed by atoms with Crippen molar-refractivity contribution in [2.24, 2.45) is 11.5 Å². The van der Waals surface area contributed by atoms with E-state index in [1.54, 1.807) is 0 Å². The van der Waals surface area contributed by atoms with Gasteiger partial charge in [-0.25, -0.2) is 8.78 Å². The maximum absolute atomic E-state index is 12.8. The van der Waals surface area contributed by atoms with Crippen molar-refractivity contribution in [1.29, 1.82) is 0 Å². The smallest absolute Gasteiger partial charge is 0.232 e. The molecular formula is C12H17ClF2N2O2. The molecule has 0 saturated carbocycles. The van der Waals surface area contributed by atoms with Gasteiger partial charge in [0.25, 0.3) is 0 Å². The average molecular weight is 295 g/mol. The summed E-state index contributed by atoms with van der Waals surface area (Å²) >= 11 is 4.86. The third-order valence-corrected chi connectivity index (χ3v) is 2.46. The first-order valence-corrected chi connectivity index (χ1v) is 5.90. The quantitative estimate of drug-likeness (QED) is 0.737. The average Bonchev–Trinajstić information content (AvgIpc) is 2.31. The molecule has 4 nitrogen and oxygen atoms in total. The summed E-state index contributed by atoms with van der Waals surface area (Å²) in [6.07, 6.45) is 0. The zero-order valence-electron chi connectivity index (χ0n) is 10.7. The Morgan fingerprint density at radius 3 is 2.21 bits per heavy atom. The zero-order chi connectivity index (χ0) is 15.2. The van der Waals surface area contributed by atoms with Crippen LogP contribution in [-0.4, -0.2) is 22.5 Å². The summed E-state index contributed by atoms with van der Waals surface area (Å²) < 4.78 is 25.4. The fourth-order valence-electron chi connectivity index (χ4n) is 1.11. The van der Waals surface area contributed by atoms with Crippen molar-refractivity contribution < 1.29 is 18.7 Å². The van der Waals surface area contributed by atoms with Gasteiger partial charge in [0.2, 0.25) is 5.91 Å². The van der Waals surface area contributed by atoms with Gasteiger partial charge in [0, 0.05) is 0 Å². The van der Waals surface area contributed by atoms with Crippen LogP contribution in [0.15, 0.2) is 18.2 Å². The molecule has 0 radical (unpaired) electrons. The molecule has 1 unspecified atom stereocenters. The Hall–Kier alpha value is -1.24. The Morgan fingerprint density at radius 1 is 1.42 bits per heavy atom. The second-order valence-corrected chi connectivity index (χ2v) is 4.67. The van der Waals surface area contributed by atoms with Gasteiger partial charge < -0.3 is 16.6 Å². The Kier molecular flexibility index (Phi) is 6.89. The van der Waals surface area contributed by atoms with Gasteiger partial charge in [-0.2, -0.15) is 0 Å². The number of hydrogen-bond donors (Lipinski definition) is 3. The van der Waals surface area contributed by atoms with E-state index in [9.17, 15) is 18.7 Å². The number of alkyl halides is 1. The minimum absolute atomic E-state index is 0.0833. The van der Waals surface area contributed by atoms with E-state index in [1.807, 2.05) is 0 Å². The van der Waals surface area contributed by atoms with E-state index in [1.165, 1.54) is 19.9 Å². The molecule has 108 valence electrons. The van der Waals surface area contributed by atoms with E-state index >= 15 is 0 Å². The molecule has 0 fully saturated rings. The van der Waals surface area contributed by atoms with Crippen LogP contribution in [-0.2, 0) is 4.79 Å².